The summed E-state index contributed by atoms with van der Waals surface area (Å²) in [7, 11) is 1.54. The summed E-state index contributed by atoms with van der Waals surface area (Å²) in [6.07, 6.45) is 0.942. The highest BCUT2D eigenvalue weighted by Gasteiger charge is 2.33. The normalized spacial score (nSPS) is 26.0. The van der Waals surface area contributed by atoms with Gasteiger partial charge in [0, 0.05) is 13.5 Å². The van der Waals surface area contributed by atoms with Crippen molar-refractivity contribution in [3.63, 3.8) is 0 Å². The van der Waals surface area contributed by atoms with Gasteiger partial charge in [-0.3, -0.25) is 19.5 Å². The number of amides is 2. The van der Waals surface area contributed by atoms with Crippen molar-refractivity contribution in [2.75, 3.05) is 13.6 Å². The smallest absolute Gasteiger partial charge is 0.251 e. The standard InChI is InChI=1S/C15H17N3O2S/c1-18-13(19)8-7-11(14(18)20)17-15-16-9-12(21-15)10-5-3-2-4-6-10/h2-6,11-12H,7-9H2,1H3,(H,16,17). The number of rotatable bonds is 2. The predicted molar refractivity (Wildman–Crippen MR) is 83.0 cm³/mol. The average molecular weight is 303 g/mol. The van der Waals surface area contributed by atoms with Crippen LogP contribution in [0.3, 0.4) is 0 Å². The maximum Gasteiger partial charge on any atom is 0.251 e. The van der Waals surface area contributed by atoms with Crippen LogP contribution in [0.25, 0.3) is 0 Å². The molecule has 2 heterocycles. The van der Waals surface area contributed by atoms with Crippen molar-refractivity contribution in [3.8, 4) is 0 Å². The fourth-order valence-corrected chi connectivity index (χ4v) is 3.57. The second-order valence-corrected chi connectivity index (χ2v) is 6.38. The van der Waals surface area contributed by atoms with Crippen LogP contribution in [-0.2, 0) is 9.59 Å². The molecular formula is C15H17N3O2S. The summed E-state index contributed by atoms with van der Waals surface area (Å²) in [5.74, 6) is -0.279. The zero-order chi connectivity index (χ0) is 14.8. The number of amidine groups is 1. The molecule has 0 spiro atoms. The summed E-state index contributed by atoms with van der Waals surface area (Å²) < 4.78 is 0. The molecule has 5 nitrogen and oxygen atoms in total. The largest absolute Gasteiger partial charge is 0.353 e. The molecule has 2 atom stereocenters. The minimum absolute atomic E-state index is 0.110. The molecule has 21 heavy (non-hydrogen) atoms. The number of likely N-dealkylation sites (tertiary alicyclic amines) is 1. The van der Waals surface area contributed by atoms with Gasteiger partial charge in [-0.15, -0.1) is 0 Å². The minimum atomic E-state index is -0.339. The van der Waals surface area contributed by atoms with Gasteiger partial charge in [0.1, 0.15) is 6.04 Å². The number of nitrogens with one attached hydrogen (secondary N) is 1. The molecular weight excluding hydrogens is 286 g/mol. The maximum atomic E-state index is 12.1. The van der Waals surface area contributed by atoms with Gasteiger partial charge < -0.3 is 5.32 Å². The van der Waals surface area contributed by atoms with E-state index >= 15 is 0 Å². The van der Waals surface area contributed by atoms with Crippen LogP contribution in [0.15, 0.2) is 35.3 Å². The number of thioether (sulfide) groups is 1. The van der Waals surface area contributed by atoms with E-state index in [0.717, 1.165) is 5.17 Å². The fraction of sp³-hybridized carbons (Fsp3) is 0.400. The third-order valence-electron chi connectivity index (χ3n) is 3.77. The van der Waals surface area contributed by atoms with Crippen LogP contribution in [0.1, 0.15) is 23.7 Å². The van der Waals surface area contributed by atoms with E-state index < -0.39 is 0 Å². The van der Waals surface area contributed by atoms with Gasteiger partial charge in [-0.2, -0.15) is 0 Å². The third-order valence-corrected chi connectivity index (χ3v) is 4.95. The number of hydrogen-bond donors (Lipinski definition) is 1. The van der Waals surface area contributed by atoms with Crippen molar-refractivity contribution in [1.29, 1.82) is 0 Å². The molecule has 3 rings (SSSR count). The van der Waals surface area contributed by atoms with Crippen LogP contribution in [0, 0.1) is 0 Å². The molecule has 1 fully saturated rings. The van der Waals surface area contributed by atoms with Crippen molar-refractivity contribution < 1.29 is 9.59 Å². The third kappa shape index (κ3) is 2.95. The van der Waals surface area contributed by atoms with Gasteiger partial charge in [-0.05, 0) is 12.0 Å². The number of aliphatic imine (C=N–C) groups is 1. The Morgan fingerprint density at radius 1 is 1.29 bits per heavy atom. The quantitative estimate of drug-likeness (QED) is 0.843. The number of carbonyl (C=O) groups excluding carboxylic acids is 2. The SMILES string of the molecule is CN1C(=O)CCC(NC2=NCC(c3ccccc3)S2)C1=O. The van der Waals surface area contributed by atoms with E-state index in [2.05, 4.69) is 22.4 Å². The Balaban J connectivity index is 1.60. The van der Waals surface area contributed by atoms with Crippen LogP contribution < -0.4 is 5.32 Å². The molecule has 1 saturated heterocycles. The number of likely N-dealkylation sites (N-methyl/N-ethyl adjacent to an activating group) is 1. The Labute approximate surface area is 127 Å². The lowest BCUT2D eigenvalue weighted by Gasteiger charge is -2.28. The van der Waals surface area contributed by atoms with Crippen molar-refractivity contribution >= 4 is 28.7 Å². The zero-order valence-corrected chi connectivity index (χ0v) is 12.6. The molecule has 2 aliphatic rings. The lowest BCUT2D eigenvalue weighted by molar-refractivity contribution is -0.147. The lowest BCUT2D eigenvalue weighted by Crippen LogP contribution is -2.52. The number of hydrogen-bond acceptors (Lipinski definition) is 5. The van der Waals surface area contributed by atoms with Crippen LogP contribution in [0.2, 0.25) is 0 Å². The van der Waals surface area contributed by atoms with E-state index in [9.17, 15) is 9.59 Å². The summed E-state index contributed by atoms with van der Waals surface area (Å²) in [5, 5.41) is 4.28. The molecule has 1 aromatic carbocycles. The van der Waals surface area contributed by atoms with Crippen LogP contribution in [-0.4, -0.2) is 41.5 Å². The van der Waals surface area contributed by atoms with Gasteiger partial charge in [0.15, 0.2) is 5.17 Å². The van der Waals surface area contributed by atoms with E-state index in [4.69, 9.17) is 0 Å². The second kappa shape index (κ2) is 5.89. The molecule has 0 radical (unpaired) electrons. The summed E-state index contributed by atoms with van der Waals surface area (Å²) in [6, 6.07) is 9.88. The van der Waals surface area contributed by atoms with Gasteiger partial charge in [0.2, 0.25) is 5.91 Å². The molecule has 0 aromatic heterocycles. The Bertz CT molecular complexity index is 588. The first-order valence-corrected chi connectivity index (χ1v) is 7.86. The number of piperidine rings is 1. The Kier molecular flexibility index (Phi) is 3.96. The molecule has 0 aliphatic carbocycles. The van der Waals surface area contributed by atoms with Crippen molar-refractivity contribution in [2.45, 2.75) is 24.1 Å². The first kappa shape index (κ1) is 14.1. The predicted octanol–water partition coefficient (Wildman–Crippen LogP) is 1.57. The lowest BCUT2D eigenvalue weighted by atomic mass is 10.1. The maximum absolute atomic E-state index is 12.1. The Morgan fingerprint density at radius 2 is 2.05 bits per heavy atom. The molecule has 6 heteroatoms. The topological polar surface area (TPSA) is 61.8 Å². The molecule has 2 unspecified atom stereocenters. The van der Waals surface area contributed by atoms with Gasteiger partial charge in [0.05, 0.1) is 11.8 Å². The van der Waals surface area contributed by atoms with E-state index in [0.29, 0.717) is 24.6 Å². The average Bonchev–Trinajstić information content (AvgIpc) is 2.97. The highest BCUT2D eigenvalue weighted by molar-refractivity contribution is 8.14. The van der Waals surface area contributed by atoms with Crippen molar-refractivity contribution in [3.05, 3.63) is 35.9 Å². The van der Waals surface area contributed by atoms with Crippen LogP contribution >= 0.6 is 11.8 Å². The highest BCUT2D eigenvalue weighted by Crippen LogP contribution is 2.34. The molecule has 0 saturated carbocycles. The molecule has 2 amide bonds. The highest BCUT2D eigenvalue weighted by atomic mass is 32.2. The summed E-state index contributed by atoms with van der Waals surface area (Å²) in [4.78, 5) is 29.2. The number of carbonyl (C=O) groups is 2. The summed E-state index contributed by atoms with van der Waals surface area (Å²) in [5.41, 5.74) is 1.24. The zero-order valence-electron chi connectivity index (χ0n) is 11.8. The van der Waals surface area contributed by atoms with Crippen molar-refractivity contribution in [2.24, 2.45) is 4.99 Å². The molecule has 2 aliphatic heterocycles. The Hall–Kier alpha value is -1.82. The van der Waals surface area contributed by atoms with Crippen LogP contribution in [0.5, 0.6) is 0 Å². The van der Waals surface area contributed by atoms with Crippen molar-refractivity contribution in [1.82, 2.24) is 10.2 Å². The monoisotopic (exact) mass is 303 g/mol. The van der Waals surface area contributed by atoms with Gasteiger partial charge in [-0.1, -0.05) is 42.1 Å². The number of imide groups is 1. The molecule has 1 N–H and O–H groups in total. The fourth-order valence-electron chi connectivity index (χ4n) is 2.49. The minimum Gasteiger partial charge on any atom is -0.353 e. The molecule has 1 aromatic rings. The van der Waals surface area contributed by atoms with Gasteiger partial charge in [-0.25, -0.2) is 0 Å². The van der Waals surface area contributed by atoms with E-state index in [1.165, 1.54) is 17.5 Å². The second-order valence-electron chi connectivity index (χ2n) is 5.19. The summed E-state index contributed by atoms with van der Waals surface area (Å²) >= 11 is 1.64. The van der Waals surface area contributed by atoms with E-state index in [-0.39, 0.29) is 17.9 Å². The first-order valence-electron chi connectivity index (χ1n) is 6.98. The van der Waals surface area contributed by atoms with Crippen LogP contribution in [0.4, 0.5) is 0 Å². The number of nitrogens with zero attached hydrogens (tertiary/aromatic N) is 2. The van der Waals surface area contributed by atoms with E-state index in [1.54, 1.807) is 11.8 Å². The first-order chi connectivity index (χ1) is 10.1. The van der Waals surface area contributed by atoms with Gasteiger partial charge >= 0.3 is 0 Å². The summed E-state index contributed by atoms with van der Waals surface area (Å²) in [6.45, 7) is 0.715. The molecule has 0 bridgehead atoms. The number of benzene rings is 1. The Morgan fingerprint density at radius 3 is 2.81 bits per heavy atom. The molecule has 110 valence electrons. The van der Waals surface area contributed by atoms with E-state index in [1.807, 2.05) is 18.2 Å². The van der Waals surface area contributed by atoms with Gasteiger partial charge in [0.25, 0.3) is 5.91 Å².